The van der Waals surface area contributed by atoms with Crippen molar-refractivity contribution in [1.82, 2.24) is 40.7 Å². The zero-order valence-corrected chi connectivity index (χ0v) is 31.9. The molecule has 20 heteroatoms. The summed E-state index contributed by atoms with van der Waals surface area (Å²) >= 11 is 0. The van der Waals surface area contributed by atoms with E-state index in [-0.39, 0.29) is 31.6 Å². The molecule has 310 valence electrons. The lowest BCUT2D eigenvalue weighted by molar-refractivity contribution is -0.139. The van der Waals surface area contributed by atoms with Gasteiger partial charge in [-0.1, -0.05) is 30.3 Å². The first kappa shape index (κ1) is 42.6. The number of aliphatic hydroxyl groups excluding tert-OH is 1. The number of ether oxygens (including phenoxy) is 1. The van der Waals surface area contributed by atoms with Gasteiger partial charge in [0.1, 0.15) is 30.0 Å². The fourth-order valence-electron chi connectivity index (χ4n) is 6.59. The molecule has 8 atom stereocenters. The molecule has 5 rings (SSSR count). The second-order valence-corrected chi connectivity index (χ2v) is 14.2. The van der Waals surface area contributed by atoms with Gasteiger partial charge in [-0.2, -0.15) is 0 Å². The van der Waals surface area contributed by atoms with Crippen molar-refractivity contribution in [3.63, 3.8) is 0 Å². The number of likely N-dealkylation sites (N-methyl/N-ethyl adjacent to an activating group) is 1. The Bertz CT molecular complexity index is 2240. The molecule has 0 unspecified atom stereocenters. The largest absolute Gasteiger partial charge is 0.508 e. The van der Waals surface area contributed by atoms with Crippen LogP contribution in [0.2, 0.25) is 0 Å². The van der Waals surface area contributed by atoms with E-state index < -0.39 is 89.6 Å². The van der Waals surface area contributed by atoms with E-state index >= 15 is 0 Å². The Hall–Kier alpha value is -6.51. The lowest BCUT2D eigenvalue weighted by Crippen LogP contribution is -2.62. The van der Waals surface area contributed by atoms with Gasteiger partial charge in [-0.15, -0.1) is 0 Å². The molecule has 0 aliphatic carbocycles. The normalized spacial score (nSPS) is 18.9. The number of rotatable bonds is 16. The van der Waals surface area contributed by atoms with E-state index in [4.69, 9.17) is 10.5 Å². The summed E-state index contributed by atoms with van der Waals surface area (Å²) in [7, 11) is 1.40. The molecule has 1 fully saturated rings. The van der Waals surface area contributed by atoms with Crippen LogP contribution in [0.25, 0.3) is 10.9 Å². The molecule has 2 aromatic heterocycles. The average molecular weight is 806 g/mol. The molecule has 1 saturated heterocycles. The molecule has 58 heavy (non-hydrogen) atoms. The standard InChI is InChI=1S/C38H47N9O11/c1-19(42-37(56)43-28(36(54)55)15-22-17-40-27-7-5-4-6-25(22)27)32(51)45-31(20(2)46(3)34(53)26(39)14-21-8-10-23(48)11-9-21)33(52)41-18-24-16-29(49)35(58-24)47-13-12-30(50)44-38(47)57/h4-13,17,19-20,24,26,28-29,31,35,40,48-49H,14-16,18,39H2,1-3H3,(H,41,52)(H,45,51)(H,54,55)(H2,42,43,56)(H,44,50,57)/t19-,20-,24+,26-,28-,29+,31-,35+/m0/s1. The molecule has 3 heterocycles. The van der Waals surface area contributed by atoms with Gasteiger partial charge in [0.05, 0.1) is 18.2 Å². The maximum atomic E-state index is 13.8. The number of nitrogens with one attached hydrogen (secondary N) is 6. The summed E-state index contributed by atoms with van der Waals surface area (Å²) in [6, 6.07) is 7.24. The summed E-state index contributed by atoms with van der Waals surface area (Å²) in [5.41, 5.74) is 6.90. The number of carboxylic acids is 1. The quantitative estimate of drug-likeness (QED) is 0.0637. The van der Waals surface area contributed by atoms with E-state index in [2.05, 4.69) is 31.2 Å². The summed E-state index contributed by atoms with van der Waals surface area (Å²) in [4.78, 5) is 96.1. The van der Waals surface area contributed by atoms with Gasteiger partial charge in [0.2, 0.25) is 17.7 Å². The summed E-state index contributed by atoms with van der Waals surface area (Å²) < 4.78 is 6.82. The first-order valence-corrected chi connectivity index (χ1v) is 18.4. The van der Waals surface area contributed by atoms with Gasteiger partial charge >= 0.3 is 17.7 Å². The molecule has 0 spiro atoms. The van der Waals surface area contributed by atoms with E-state index in [1.54, 1.807) is 24.4 Å². The third-order valence-electron chi connectivity index (χ3n) is 9.97. The van der Waals surface area contributed by atoms with Gasteiger partial charge in [-0.05, 0) is 49.6 Å². The number of fused-ring (bicyclic) bond motifs is 1. The van der Waals surface area contributed by atoms with Crippen LogP contribution in [-0.4, -0.2) is 120 Å². The Morgan fingerprint density at radius 2 is 1.69 bits per heavy atom. The van der Waals surface area contributed by atoms with Crippen molar-refractivity contribution in [1.29, 1.82) is 0 Å². The number of phenols is 1. The monoisotopic (exact) mass is 805 g/mol. The molecule has 4 aromatic rings. The Morgan fingerprint density at radius 3 is 2.38 bits per heavy atom. The van der Waals surface area contributed by atoms with Gasteiger partial charge in [0, 0.05) is 55.8 Å². The number of H-pyrrole nitrogens is 2. The van der Waals surface area contributed by atoms with Crippen LogP contribution in [0.1, 0.15) is 37.6 Å². The van der Waals surface area contributed by atoms with Crippen molar-refractivity contribution in [3.8, 4) is 5.75 Å². The molecule has 0 saturated carbocycles. The zero-order valence-electron chi connectivity index (χ0n) is 31.9. The van der Waals surface area contributed by atoms with E-state index in [1.807, 2.05) is 18.2 Å². The number of carbonyl (C=O) groups excluding carboxylic acids is 4. The first-order chi connectivity index (χ1) is 27.5. The highest BCUT2D eigenvalue weighted by molar-refractivity contribution is 5.93. The second kappa shape index (κ2) is 18.6. The summed E-state index contributed by atoms with van der Waals surface area (Å²) in [6.07, 6.45) is -0.327. The first-order valence-electron chi connectivity index (χ1n) is 18.4. The van der Waals surface area contributed by atoms with E-state index in [0.29, 0.717) is 11.1 Å². The highest BCUT2D eigenvalue weighted by Gasteiger charge is 2.38. The van der Waals surface area contributed by atoms with Crippen molar-refractivity contribution < 1.29 is 44.0 Å². The molecule has 20 nitrogen and oxygen atoms in total. The fourth-order valence-corrected chi connectivity index (χ4v) is 6.59. The molecule has 2 aromatic carbocycles. The van der Waals surface area contributed by atoms with Crippen molar-refractivity contribution in [2.24, 2.45) is 5.73 Å². The number of nitrogens with two attached hydrogens (primary N) is 1. The minimum absolute atomic E-state index is 0.0126. The van der Waals surface area contributed by atoms with Crippen LogP contribution >= 0.6 is 0 Å². The highest BCUT2D eigenvalue weighted by Crippen LogP contribution is 2.27. The predicted octanol–water partition coefficient (Wildman–Crippen LogP) is -1.23. The average Bonchev–Trinajstić information content (AvgIpc) is 3.77. The number of aliphatic carboxylic acids is 1. The number of aromatic amines is 2. The van der Waals surface area contributed by atoms with E-state index in [9.17, 15) is 48.9 Å². The molecular formula is C38H47N9O11. The third kappa shape index (κ3) is 10.5. The van der Waals surface area contributed by atoms with Gasteiger partial charge in [-0.3, -0.25) is 28.7 Å². The van der Waals surface area contributed by atoms with Gasteiger partial charge < -0.3 is 56.9 Å². The number of nitrogens with zero attached hydrogens (tertiary/aromatic N) is 2. The van der Waals surface area contributed by atoms with Crippen LogP contribution in [0.15, 0.2) is 76.6 Å². The number of para-hydroxylation sites is 1. The molecule has 1 aliphatic heterocycles. The Labute approximate surface area is 330 Å². The van der Waals surface area contributed by atoms with Crippen molar-refractivity contribution in [2.75, 3.05) is 13.6 Å². The lowest BCUT2D eigenvalue weighted by atomic mass is 10.0. The van der Waals surface area contributed by atoms with Crippen molar-refractivity contribution >= 4 is 40.6 Å². The number of aromatic nitrogens is 3. The molecule has 1 aliphatic rings. The van der Waals surface area contributed by atoms with E-state index in [1.165, 1.54) is 44.1 Å². The molecule has 5 amide bonds. The number of hydrogen-bond donors (Lipinski definition) is 10. The number of aliphatic hydroxyl groups is 1. The third-order valence-corrected chi connectivity index (χ3v) is 9.97. The Morgan fingerprint density at radius 1 is 0.983 bits per heavy atom. The topological polar surface area (TPSA) is 303 Å². The summed E-state index contributed by atoms with van der Waals surface area (Å²) in [6.45, 7) is 2.61. The van der Waals surface area contributed by atoms with Gasteiger partial charge in [0.25, 0.3) is 5.56 Å². The summed E-state index contributed by atoms with van der Waals surface area (Å²) in [5, 5.41) is 40.9. The van der Waals surface area contributed by atoms with Crippen LogP contribution in [-0.2, 0) is 36.8 Å². The number of carbonyl (C=O) groups is 5. The number of amides is 5. The maximum Gasteiger partial charge on any atom is 0.330 e. The Kier molecular flexibility index (Phi) is 13.7. The van der Waals surface area contributed by atoms with Gasteiger partial charge in [0.15, 0.2) is 6.23 Å². The van der Waals surface area contributed by atoms with Crippen LogP contribution in [0.4, 0.5) is 4.79 Å². The predicted molar refractivity (Wildman–Crippen MR) is 207 cm³/mol. The molecule has 11 N–H and O–H groups in total. The number of carboxylic acid groups (broad SMARTS) is 1. The number of aromatic hydroxyl groups is 1. The van der Waals surface area contributed by atoms with Crippen LogP contribution in [0.5, 0.6) is 5.75 Å². The zero-order chi connectivity index (χ0) is 42.3. The van der Waals surface area contributed by atoms with E-state index in [0.717, 1.165) is 21.5 Å². The van der Waals surface area contributed by atoms with Crippen LogP contribution < -0.4 is 38.2 Å². The smallest absolute Gasteiger partial charge is 0.330 e. The Balaban J connectivity index is 1.26. The fraction of sp³-hybridized carbons (Fsp3) is 0.395. The number of urea groups is 1. The maximum absolute atomic E-state index is 13.8. The highest BCUT2D eigenvalue weighted by atomic mass is 16.5. The minimum atomic E-state index is -1.45. The van der Waals surface area contributed by atoms with Crippen LogP contribution in [0.3, 0.4) is 0 Å². The number of phenolic OH excluding ortho intramolecular Hbond substituents is 1. The molecular weight excluding hydrogens is 758 g/mol. The van der Waals surface area contributed by atoms with Crippen molar-refractivity contribution in [3.05, 3.63) is 99.0 Å². The second-order valence-electron chi connectivity index (χ2n) is 14.2. The number of benzene rings is 2. The molecule has 0 bridgehead atoms. The number of hydrogen-bond acceptors (Lipinski definition) is 11. The SMILES string of the molecule is C[C@H](NC(=O)N[C@@H](Cc1c[nH]c2ccccc12)C(=O)O)C(=O)N[C@H](C(=O)NC[C@H]1C[C@@H](O)[C@H](n2ccc(=O)[nH]c2=O)O1)[C@H](C)N(C)C(=O)[C@@H](N)Cc1ccc(O)cc1. The minimum Gasteiger partial charge on any atom is -0.508 e. The van der Waals surface area contributed by atoms with Crippen molar-refractivity contribution in [2.45, 2.75) is 81.8 Å². The van der Waals surface area contributed by atoms with Gasteiger partial charge in [-0.25, -0.2) is 14.4 Å². The summed E-state index contributed by atoms with van der Waals surface area (Å²) in [5.74, 6) is -3.49. The lowest BCUT2D eigenvalue weighted by Gasteiger charge is -2.34. The van der Waals surface area contributed by atoms with Crippen LogP contribution in [0, 0.1) is 0 Å². The molecule has 0 radical (unpaired) electrons.